The predicted octanol–water partition coefficient (Wildman–Crippen LogP) is 5.01. The third-order valence-corrected chi connectivity index (χ3v) is 6.29. The van der Waals surface area contributed by atoms with E-state index in [4.69, 9.17) is 4.74 Å². The van der Waals surface area contributed by atoms with Gasteiger partial charge in [0.25, 0.3) is 0 Å². The van der Waals surface area contributed by atoms with E-state index in [0.717, 1.165) is 35.1 Å². The molecule has 3 N–H and O–H groups in total. The van der Waals surface area contributed by atoms with Crippen LogP contribution in [0, 0.1) is 0 Å². The smallest absolute Gasteiger partial charge is 0.407 e. The summed E-state index contributed by atoms with van der Waals surface area (Å²) in [6, 6.07) is 14.8. The monoisotopic (exact) mass is 478 g/mol. The van der Waals surface area contributed by atoms with E-state index in [1.54, 1.807) is 6.08 Å². The van der Waals surface area contributed by atoms with Gasteiger partial charge < -0.3 is 20.5 Å². The maximum Gasteiger partial charge on any atom is 0.407 e. The molecule has 186 valence electrons. The van der Waals surface area contributed by atoms with Gasteiger partial charge >= 0.3 is 12.1 Å². The molecule has 2 aromatic rings. The van der Waals surface area contributed by atoms with E-state index in [1.165, 1.54) is 0 Å². The first-order valence-electron chi connectivity index (χ1n) is 12.2. The highest BCUT2D eigenvalue weighted by Gasteiger charge is 2.30. The van der Waals surface area contributed by atoms with Crippen molar-refractivity contribution in [2.24, 2.45) is 0 Å². The minimum absolute atomic E-state index is 0.0809. The molecule has 7 nitrogen and oxygen atoms in total. The molecule has 1 unspecified atom stereocenters. The van der Waals surface area contributed by atoms with Crippen LogP contribution in [0.4, 0.5) is 4.79 Å². The molecule has 0 aromatic heterocycles. The summed E-state index contributed by atoms with van der Waals surface area (Å²) in [7, 11) is 0. The lowest BCUT2D eigenvalue weighted by atomic mass is 9.98. The van der Waals surface area contributed by atoms with Crippen molar-refractivity contribution in [3.05, 3.63) is 72.3 Å². The molecule has 2 amide bonds. The van der Waals surface area contributed by atoms with Crippen LogP contribution in [-0.4, -0.2) is 41.8 Å². The van der Waals surface area contributed by atoms with Gasteiger partial charge in [0.1, 0.15) is 12.6 Å². The third-order valence-electron chi connectivity index (χ3n) is 6.29. The van der Waals surface area contributed by atoms with Crippen molar-refractivity contribution in [2.45, 2.75) is 63.5 Å². The highest BCUT2D eigenvalue weighted by molar-refractivity contribution is 5.86. The molecule has 2 aromatic carbocycles. The average Bonchev–Trinajstić information content (AvgIpc) is 3.17. The van der Waals surface area contributed by atoms with E-state index in [1.807, 2.05) is 43.3 Å². The van der Waals surface area contributed by atoms with Crippen LogP contribution in [0.15, 0.2) is 61.2 Å². The number of benzene rings is 2. The number of alkyl carbamates (subject to hydrolysis) is 1. The van der Waals surface area contributed by atoms with Crippen molar-refractivity contribution in [3.8, 4) is 11.1 Å². The highest BCUT2D eigenvalue weighted by atomic mass is 16.5. The van der Waals surface area contributed by atoms with Crippen molar-refractivity contribution in [2.75, 3.05) is 6.61 Å². The van der Waals surface area contributed by atoms with E-state index < -0.39 is 30.1 Å². The number of carbonyl (C=O) groups excluding carboxylic acids is 2. The first-order chi connectivity index (χ1) is 16.9. The SMILES string of the molecule is C=CCCC(NC(=O)OCC1c2ccccc2-c2ccccc21)C(=O)N[C@@H](CCCC)CC(=O)O. The number of carboxylic acids is 1. The number of unbranched alkanes of at least 4 members (excludes halogenated alkanes) is 1. The normalized spacial score (nSPS) is 13.7. The van der Waals surface area contributed by atoms with Crippen molar-refractivity contribution < 1.29 is 24.2 Å². The Labute approximate surface area is 206 Å². The van der Waals surface area contributed by atoms with E-state index >= 15 is 0 Å². The quantitative estimate of drug-likeness (QED) is 0.351. The van der Waals surface area contributed by atoms with Gasteiger partial charge in [-0.25, -0.2) is 4.79 Å². The largest absolute Gasteiger partial charge is 0.481 e. The predicted molar refractivity (Wildman–Crippen MR) is 135 cm³/mol. The van der Waals surface area contributed by atoms with Crippen LogP contribution < -0.4 is 10.6 Å². The Hall–Kier alpha value is -3.61. The van der Waals surface area contributed by atoms with Gasteiger partial charge in [-0.1, -0.05) is 74.4 Å². The van der Waals surface area contributed by atoms with Crippen molar-refractivity contribution in [1.29, 1.82) is 0 Å². The molecule has 0 bridgehead atoms. The molecule has 0 saturated heterocycles. The van der Waals surface area contributed by atoms with Gasteiger partial charge in [0.2, 0.25) is 5.91 Å². The number of aliphatic carboxylic acids is 1. The Morgan fingerprint density at radius 3 is 2.23 bits per heavy atom. The number of ether oxygens (including phenoxy) is 1. The number of hydrogen-bond donors (Lipinski definition) is 3. The first kappa shape index (κ1) is 26.0. The molecule has 0 heterocycles. The highest BCUT2D eigenvalue weighted by Crippen LogP contribution is 2.44. The summed E-state index contributed by atoms with van der Waals surface area (Å²) in [6.07, 6.45) is 3.94. The second-order valence-corrected chi connectivity index (χ2v) is 8.83. The Kier molecular flexibility index (Phi) is 9.47. The maximum absolute atomic E-state index is 12.9. The molecule has 1 aliphatic rings. The number of carboxylic acid groups (broad SMARTS) is 1. The van der Waals surface area contributed by atoms with Crippen LogP contribution in [0.2, 0.25) is 0 Å². The van der Waals surface area contributed by atoms with Gasteiger partial charge in [-0.15, -0.1) is 6.58 Å². The number of carbonyl (C=O) groups is 3. The van der Waals surface area contributed by atoms with E-state index in [0.29, 0.717) is 19.3 Å². The van der Waals surface area contributed by atoms with Crippen LogP contribution in [0.25, 0.3) is 11.1 Å². The number of hydrogen-bond acceptors (Lipinski definition) is 4. The summed E-state index contributed by atoms with van der Waals surface area (Å²) in [6.45, 7) is 5.84. The summed E-state index contributed by atoms with van der Waals surface area (Å²) in [5.74, 6) is -1.47. The summed E-state index contributed by atoms with van der Waals surface area (Å²) in [5.41, 5.74) is 4.48. The van der Waals surface area contributed by atoms with Crippen molar-refractivity contribution in [3.63, 3.8) is 0 Å². The second-order valence-electron chi connectivity index (χ2n) is 8.83. The van der Waals surface area contributed by atoms with Crippen LogP contribution in [0.1, 0.15) is 62.5 Å². The minimum atomic E-state index is -0.974. The van der Waals surface area contributed by atoms with Crippen LogP contribution in [0.3, 0.4) is 0 Å². The lowest BCUT2D eigenvalue weighted by molar-refractivity contribution is -0.137. The number of rotatable bonds is 13. The molecule has 3 rings (SSSR count). The molecular formula is C28H34N2O5. The third kappa shape index (κ3) is 6.94. The van der Waals surface area contributed by atoms with Crippen LogP contribution in [-0.2, 0) is 14.3 Å². The summed E-state index contributed by atoms with van der Waals surface area (Å²) < 4.78 is 5.58. The fourth-order valence-electron chi connectivity index (χ4n) is 4.52. The van der Waals surface area contributed by atoms with Crippen molar-refractivity contribution >= 4 is 18.0 Å². The molecular weight excluding hydrogens is 444 g/mol. The summed E-state index contributed by atoms with van der Waals surface area (Å²) in [5, 5.41) is 14.6. The van der Waals surface area contributed by atoms with Crippen LogP contribution in [0.5, 0.6) is 0 Å². The first-order valence-corrected chi connectivity index (χ1v) is 12.2. The van der Waals surface area contributed by atoms with Gasteiger partial charge in [0, 0.05) is 12.0 Å². The molecule has 0 saturated carbocycles. The zero-order valence-electron chi connectivity index (χ0n) is 20.2. The zero-order chi connectivity index (χ0) is 25.2. The molecule has 0 fully saturated rings. The second kappa shape index (κ2) is 12.7. The van der Waals surface area contributed by atoms with E-state index in [-0.39, 0.29) is 18.9 Å². The average molecular weight is 479 g/mol. The Morgan fingerprint density at radius 1 is 1.03 bits per heavy atom. The Bertz CT molecular complexity index is 1010. The minimum Gasteiger partial charge on any atom is -0.481 e. The van der Waals surface area contributed by atoms with Crippen molar-refractivity contribution in [1.82, 2.24) is 10.6 Å². The van der Waals surface area contributed by atoms with Crippen LogP contribution >= 0.6 is 0 Å². The van der Waals surface area contributed by atoms with Gasteiger partial charge in [0.05, 0.1) is 6.42 Å². The number of fused-ring (bicyclic) bond motifs is 3. The molecule has 1 aliphatic carbocycles. The Morgan fingerprint density at radius 2 is 1.66 bits per heavy atom. The fourth-order valence-corrected chi connectivity index (χ4v) is 4.52. The number of allylic oxidation sites excluding steroid dienone is 1. The number of nitrogens with one attached hydrogen (secondary N) is 2. The zero-order valence-corrected chi connectivity index (χ0v) is 20.2. The standard InChI is InChI=1S/C28H34N2O5/c1-3-5-11-19(17-26(31)32)29-27(33)25(16-6-4-2)30-28(34)35-18-24-22-14-9-7-12-20(22)21-13-8-10-15-23(21)24/h4,7-10,12-15,19,24-25H,2-3,5-6,11,16-18H2,1H3,(H,29,33)(H,30,34)(H,31,32)/t19-,25?/m0/s1. The van der Waals surface area contributed by atoms with Gasteiger partial charge in [-0.3, -0.25) is 9.59 Å². The van der Waals surface area contributed by atoms with Gasteiger partial charge in [-0.05, 0) is 41.5 Å². The molecule has 7 heteroatoms. The van der Waals surface area contributed by atoms with Gasteiger partial charge in [0.15, 0.2) is 0 Å². The maximum atomic E-state index is 12.9. The fraction of sp³-hybridized carbons (Fsp3) is 0.393. The Balaban J connectivity index is 1.64. The lowest BCUT2D eigenvalue weighted by Gasteiger charge is -2.23. The molecule has 35 heavy (non-hydrogen) atoms. The summed E-state index contributed by atoms with van der Waals surface area (Å²) >= 11 is 0. The molecule has 2 atom stereocenters. The summed E-state index contributed by atoms with van der Waals surface area (Å²) in [4.78, 5) is 36.8. The van der Waals surface area contributed by atoms with Gasteiger partial charge in [-0.2, -0.15) is 0 Å². The molecule has 0 aliphatic heterocycles. The topological polar surface area (TPSA) is 105 Å². The lowest BCUT2D eigenvalue weighted by Crippen LogP contribution is -2.50. The molecule has 0 spiro atoms. The molecule has 0 radical (unpaired) electrons. The number of amides is 2. The van der Waals surface area contributed by atoms with E-state index in [2.05, 4.69) is 29.3 Å². The van der Waals surface area contributed by atoms with E-state index in [9.17, 15) is 19.5 Å².